The second-order valence-electron chi connectivity index (χ2n) is 11.8. The van der Waals surface area contributed by atoms with Gasteiger partial charge in [0.25, 0.3) is 0 Å². The predicted octanol–water partition coefficient (Wildman–Crippen LogP) is 4.68. The van der Waals surface area contributed by atoms with Crippen LogP contribution in [0.3, 0.4) is 0 Å². The molecule has 0 saturated heterocycles. The first-order chi connectivity index (χ1) is 18.1. The number of alkyl carbamates (subject to hydrolysis) is 1. The molecule has 0 spiro atoms. The summed E-state index contributed by atoms with van der Waals surface area (Å²) in [6.45, 7) is 17.6. The summed E-state index contributed by atoms with van der Waals surface area (Å²) in [5.74, 6) is -1.25. The van der Waals surface area contributed by atoms with E-state index in [1.54, 1.807) is 20.8 Å². The number of carbonyl (C=O) groups excluding carboxylic acids is 4. The van der Waals surface area contributed by atoms with Crippen LogP contribution in [0.2, 0.25) is 0 Å². The van der Waals surface area contributed by atoms with Crippen LogP contribution in [0.1, 0.15) is 103 Å². The monoisotopic (exact) mass is 546 g/mol. The van der Waals surface area contributed by atoms with E-state index < -0.39 is 42.0 Å². The predicted molar refractivity (Wildman–Crippen MR) is 154 cm³/mol. The smallest absolute Gasteiger partial charge is 0.408 e. The number of nitrogens with zero attached hydrogens (tertiary/aromatic N) is 1. The second-order valence-corrected chi connectivity index (χ2v) is 11.8. The van der Waals surface area contributed by atoms with Gasteiger partial charge in [-0.1, -0.05) is 51.0 Å². The molecule has 0 saturated carbocycles. The van der Waals surface area contributed by atoms with E-state index in [0.717, 1.165) is 30.4 Å². The average molecular weight is 547 g/mol. The standard InChI is InChI=1S/C30H50N4O5/c1-10-11-16-32-27(36)26(23-15-13-20(4)17-21(23)5)34(22(6)14-12-19(2)3)28(37)24(18-25(31)35)33-29(38)39-30(7,8)9/h13,15,17,19,22,24,26H,10-12,14,16,18H2,1-9H3,(H2,31,35)(H,32,36)(H,33,38). The molecule has 1 aromatic carbocycles. The van der Waals surface area contributed by atoms with Crippen molar-refractivity contribution >= 4 is 23.8 Å². The number of primary amides is 1. The molecule has 3 unspecified atom stereocenters. The van der Waals surface area contributed by atoms with Gasteiger partial charge in [0, 0.05) is 12.6 Å². The molecule has 9 heteroatoms. The number of aryl methyl sites for hydroxylation is 2. The Bertz CT molecular complexity index is 986. The Morgan fingerprint density at radius 2 is 1.69 bits per heavy atom. The molecule has 0 aromatic heterocycles. The van der Waals surface area contributed by atoms with Crippen molar-refractivity contribution < 1.29 is 23.9 Å². The summed E-state index contributed by atoms with van der Waals surface area (Å²) >= 11 is 0. The maximum Gasteiger partial charge on any atom is 0.408 e. The highest BCUT2D eigenvalue weighted by atomic mass is 16.6. The summed E-state index contributed by atoms with van der Waals surface area (Å²) < 4.78 is 5.36. The quantitative estimate of drug-likeness (QED) is 0.292. The van der Waals surface area contributed by atoms with E-state index in [9.17, 15) is 19.2 Å². The molecule has 4 N–H and O–H groups in total. The molecule has 0 aliphatic rings. The van der Waals surface area contributed by atoms with E-state index in [4.69, 9.17) is 10.5 Å². The summed E-state index contributed by atoms with van der Waals surface area (Å²) in [5.41, 5.74) is 7.28. The molecule has 4 amide bonds. The lowest BCUT2D eigenvalue weighted by molar-refractivity contribution is -0.146. The van der Waals surface area contributed by atoms with E-state index in [-0.39, 0.29) is 11.9 Å². The largest absolute Gasteiger partial charge is 0.444 e. The van der Waals surface area contributed by atoms with E-state index >= 15 is 0 Å². The summed E-state index contributed by atoms with van der Waals surface area (Å²) in [6, 6.07) is 3.12. The average Bonchev–Trinajstić information content (AvgIpc) is 2.79. The van der Waals surface area contributed by atoms with Crippen molar-refractivity contribution in [3.05, 3.63) is 34.9 Å². The number of hydrogen-bond acceptors (Lipinski definition) is 5. The minimum atomic E-state index is -1.30. The third kappa shape index (κ3) is 11.7. The molecule has 9 nitrogen and oxygen atoms in total. The van der Waals surface area contributed by atoms with Crippen LogP contribution >= 0.6 is 0 Å². The number of nitrogens with two attached hydrogens (primary N) is 1. The molecule has 0 fully saturated rings. The van der Waals surface area contributed by atoms with Gasteiger partial charge in [-0.3, -0.25) is 14.4 Å². The maximum absolute atomic E-state index is 14.3. The SMILES string of the molecule is CCCCNC(=O)C(c1ccc(C)cc1C)N(C(=O)C(CC(N)=O)NC(=O)OC(C)(C)C)C(C)CCC(C)C. The van der Waals surface area contributed by atoms with Gasteiger partial charge in [0.05, 0.1) is 6.42 Å². The lowest BCUT2D eigenvalue weighted by Crippen LogP contribution is -2.56. The van der Waals surface area contributed by atoms with E-state index in [0.29, 0.717) is 24.4 Å². The van der Waals surface area contributed by atoms with Crippen molar-refractivity contribution in [2.75, 3.05) is 6.54 Å². The van der Waals surface area contributed by atoms with Crippen molar-refractivity contribution in [2.45, 2.75) is 118 Å². The topological polar surface area (TPSA) is 131 Å². The number of unbranched alkanes of at least 4 members (excludes halogenated alkanes) is 1. The fourth-order valence-electron chi connectivity index (χ4n) is 4.38. The third-order valence-electron chi connectivity index (χ3n) is 6.36. The Hall–Kier alpha value is -3.10. The van der Waals surface area contributed by atoms with Gasteiger partial charge in [0.2, 0.25) is 17.7 Å². The van der Waals surface area contributed by atoms with Crippen molar-refractivity contribution in [1.29, 1.82) is 0 Å². The number of rotatable bonds is 14. The van der Waals surface area contributed by atoms with Crippen LogP contribution < -0.4 is 16.4 Å². The zero-order valence-electron chi connectivity index (χ0n) is 25.3. The van der Waals surface area contributed by atoms with Gasteiger partial charge in [0.15, 0.2) is 0 Å². The van der Waals surface area contributed by atoms with Gasteiger partial charge in [-0.15, -0.1) is 0 Å². The molecule has 1 rings (SSSR count). The van der Waals surface area contributed by atoms with Crippen LogP contribution in [0.4, 0.5) is 4.79 Å². The maximum atomic E-state index is 14.3. The first-order valence-corrected chi connectivity index (χ1v) is 14.0. The molecular formula is C30H50N4O5. The number of benzene rings is 1. The molecule has 1 aromatic rings. The molecule has 0 bridgehead atoms. The second kappa shape index (κ2) is 15.5. The van der Waals surface area contributed by atoms with Crippen molar-refractivity contribution in [3.63, 3.8) is 0 Å². The highest BCUT2D eigenvalue weighted by Crippen LogP contribution is 2.30. The van der Waals surface area contributed by atoms with Crippen molar-refractivity contribution in [1.82, 2.24) is 15.5 Å². The summed E-state index contributed by atoms with van der Waals surface area (Å²) in [7, 11) is 0. The lowest BCUT2D eigenvalue weighted by atomic mass is 9.93. The Balaban J connectivity index is 3.66. The number of carbonyl (C=O) groups is 4. The zero-order chi connectivity index (χ0) is 29.9. The minimum Gasteiger partial charge on any atom is -0.444 e. The van der Waals surface area contributed by atoms with Gasteiger partial charge in [0.1, 0.15) is 17.7 Å². The fraction of sp³-hybridized carbons (Fsp3) is 0.667. The molecule has 39 heavy (non-hydrogen) atoms. The van der Waals surface area contributed by atoms with Crippen LogP contribution in [0, 0.1) is 19.8 Å². The van der Waals surface area contributed by atoms with Crippen molar-refractivity contribution in [3.8, 4) is 0 Å². The summed E-state index contributed by atoms with van der Waals surface area (Å²) in [6.07, 6.45) is 1.88. The van der Waals surface area contributed by atoms with Gasteiger partial charge in [-0.25, -0.2) is 4.79 Å². The molecule has 0 radical (unpaired) electrons. The van der Waals surface area contributed by atoms with E-state index in [1.807, 2.05) is 45.9 Å². The number of nitrogens with one attached hydrogen (secondary N) is 2. The molecule has 0 aliphatic heterocycles. The van der Waals surface area contributed by atoms with Crippen LogP contribution in [0.15, 0.2) is 18.2 Å². The fourth-order valence-corrected chi connectivity index (χ4v) is 4.38. The van der Waals surface area contributed by atoms with Gasteiger partial charge < -0.3 is 26.0 Å². The Morgan fingerprint density at radius 3 is 2.21 bits per heavy atom. The van der Waals surface area contributed by atoms with Gasteiger partial charge in [-0.2, -0.15) is 0 Å². The minimum absolute atomic E-state index is 0.310. The first kappa shape index (κ1) is 33.9. The number of hydrogen-bond donors (Lipinski definition) is 3. The van der Waals surface area contributed by atoms with Crippen molar-refractivity contribution in [2.24, 2.45) is 11.7 Å². The molecule has 3 atom stereocenters. The molecule has 0 heterocycles. The number of ether oxygens (including phenoxy) is 1. The highest BCUT2D eigenvalue weighted by Gasteiger charge is 2.39. The van der Waals surface area contributed by atoms with E-state index in [1.165, 1.54) is 4.90 Å². The van der Waals surface area contributed by atoms with Crippen LogP contribution in [0.25, 0.3) is 0 Å². The first-order valence-electron chi connectivity index (χ1n) is 14.0. The Morgan fingerprint density at radius 1 is 1.05 bits per heavy atom. The zero-order valence-corrected chi connectivity index (χ0v) is 25.3. The van der Waals surface area contributed by atoms with Crippen LogP contribution in [0.5, 0.6) is 0 Å². The van der Waals surface area contributed by atoms with Gasteiger partial charge >= 0.3 is 6.09 Å². The summed E-state index contributed by atoms with van der Waals surface area (Å²) in [5, 5.41) is 5.54. The highest BCUT2D eigenvalue weighted by molar-refractivity contribution is 5.94. The Kier molecular flexibility index (Phi) is 13.5. The molecule has 220 valence electrons. The Labute approximate surface area is 234 Å². The van der Waals surface area contributed by atoms with E-state index in [2.05, 4.69) is 24.5 Å². The lowest BCUT2D eigenvalue weighted by Gasteiger charge is -2.39. The van der Waals surface area contributed by atoms with Crippen LogP contribution in [-0.2, 0) is 19.1 Å². The summed E-state index contributed by atoms with van der Waals surface area (Å²) in [4.78, 5) is 54.2. The number of amides is 4. The molecular weight excluding hydrogens is 496 g/mol. The normalized spacial score (nSPS) is 13.8. The van der Waals surface area contributed by atoms with Crippen LogP contribution in [-0.4, -0.2) is 52.9 Å². The third-order valence-corrected chi connectivity index (χ3v) is 6.36. The molecule has 0 aliphatic carbocycles. The van der Waals surface area contributed by atoms with Gasteiger partial charge in [-0.05, 0) is 77.8 Å².